The van der Waals surface area contributed by atoms with Crippen LogP contribution in [0.15, 0.2) is 24.3 Å². The maximum Gasteiger partial charge on any atom is 0.233 e. The maximum absolute atomic E-state index is 12.7. The van der Waals surface area contributed by atoms with Crippen molar-refractivity contribution in [2.75, 3.05) is 13.1 Å². The van der Waals surface area contributed by atoms with Gasteiger partial charge in [-0.2, -0.15) is 0 Å². The molecular formula is C20H20N2O4. The standard InChI is InChI=1S/C20H20N2O4/c23-17-13-9-1-2-10(7-9)14(13)18(24)21(17)5-6-22-19(25)15-11-3-4-12(8-11)16(15)20(22)26/h1-4,9-16H,5-8H2/t9-,10-,11-,12-,13-,14-,15-,16+/m0/s1. The lowest BCUT2D eigenvalue weighted by atomic mass is 9.85. The second-order valence-corrected chi connectivity index (χ2v) is 8.66. The zero-order chi connectivity index (χ0) is 17.7. The average Bonchev–Trinajstić information content (AvgIpc) is 3.43. The Balaban J connectivity index is 1.19. The van der Waals surface area contributed by atoms with Crippen molar-refractivity contribution in [3.63, 3.8) is 0 Å². The van der Waals surface area contributed by atoms with E-state index in [9.17, 15) is 19.2 Å². The molecule has 0 unspecified atom stereocenters. The largest absolute Gasteiger partial charge is 0.280 e. The molecule has 2 saturated carbocycles. The van der Waals surface area contributed by atoms with Crippen LogP contribution in [0.5, 0.6) is 0 Å². The summed E-state index contributed by atoms with van der Waals surface area (Å²) in [5.41, 5.74) is 0. The van der Waals surface area contributed by atoms with Crippen LogP contribution in [0, 0.1) is 47.3 Å². The molecule has 6 nitrogen and oxygen atoms in total. The van der Waals surface area contributed by atoms with Crippen molar-refractivity contribution in [2.45, 2.75) is 12.8 Å². The summed E-state index contributed by atoms with van der Waals surface area (Å²) in [6, 6.07) is 0. The van der Waals surface area contributed by atoms with Crippen LogP contribution in [-0.2, 0) is 19.2 Å². The van der Waals surface area contributed by atoms with Crippen molar-refractivity contribution in [3.8, 4) is 0 Å². The van der Waals surface area contributed by atoms with Gasteiger partial charge in [-0.15, -0.1) is 0 Å². The molecule has 2 saturated heterocycles. The third-order valence-electron chi connectivity index (χ3n) is 7.67. The van der Waals surface area contributed by atoms with Gasteiger partial charge in [0.05, 0.1) is 23.7 Å². The fraction of sp³-hybridized carbons (Fsp3) is 0.600. The number of likely N-dealkylation sites (tertiary alicyclic amines) is 2. The molecule has 0 aromatic heterocycles. The molecule has 2 aliphatic heterocycles. The van der Waals surface area contributed by atoms with E-state index in [4.69, 9.17) is 0 Å². The molecule has 4 aliphatic carbocycles. The van der Waals surface area contributed by atoms with Gasteiger partial charge in [-0.3, -0.25) is 29.0 Å². The molecule has 26 heavy (non-hydrogen) atoms. The fourth-order valence-corrected chi connectivity index (χ4v) is 6.57. The Labute approximate surface area is 150 Å². The molecule has 0 aromatic rings. The molecule has 6 rings (SSSR count). The molecule has 6 aliphatic rings. The highest BCUT2D eigenvalue weighted by atomic mass is 16.2. The Morgan fingerprint density at radius 2 is 0.846 bits per heavy atom. The van der Waals surface area contributed by atoms with Crippen molar-refractivity contribution in [2.24, 2.45) is 47.3 Å². The van der Waals surface area contributed by atoms with Gasteiger partial charge in [-0.1, -0.05) is 24.3 Å². The molecule has 0 aromatic carbocycles. The number of hydrogen-bond acceptors (Lipinski definition) is 4. The second-order valence-electron chi connectivity index (χ2n) is 8.66. The maximum atomic E-state index is 12.7. The number of imide groups is 2. The van der Waals surface area contributed by atoms with Crippen molar-refractivity contribution in [1.29, 1.82) is 0 Å². The van der Waals surface area contributed by atoms with Crippen LogP contribution in [-0.4, -0.2) is 46.5 Å². The monoisotopic (exact) mass is 352 g/mol. The first-order valence-corrected chi connectivity index (χ1v) is 9.63. The quantitative estimate of drug-likeness (QED) is 0.551. The molecular weight excluding hydrogens is 332 g/mol. The molecule has 134 valence electrons. The van der Waals surface area contributed by atoms with E-state index in [1.54, 1.807) is 0 Å². The van der Waals surface area contributed by atoms with Crippen LogP contribution in [0.1, 0.15) is 12.8 Å². The highest BCUT2D eigenvalue weighted by molar-refractivity contribution is 6.08. The summed E-state index contributed by atoms with van der Waals surface area (Å²) in [7, 11) is 0. The number of hydrogen-bond donors (Lipinski definition) is 0. The average molecular weight is 352 g/mol. The number of rotatable bonds is 3. The van der Waals surface area contributed by atoms with Gasteiger partial charge in [-0.05, 0) is 36.5 Å². The Morgan fingerprint density at radius 1 is 0.577 bits per heavy atom. The third-order valence-corrected chi connectivity index (χ3v) is 7.67. The van der Waals surface area contributed by atoms with Crippen LogP contribution in [0.2, 0.25) is 0 Å². The lowest BCUT2D eigenvalue weighted by Crippen LogP contribution is -2.42. The number of carbonyl (C=O) groups excluding carboxylic acids is 4. The lowest BCUT2D eigenvalue weighted by Gasteiger charge is -2.22. The number of carbonyl (C=O) groups is 4. The van der Waals surface area contributed by atoms with E-state index in [1.807, 2.05) is 0 Å². The van der Waals surface area contributed by atoms with E-state index in [0.717, 1.165) is 12.8 Å². The van der Waals surface area contributed by atoms with Crippen LogP contribution < -0.4 is 0 Å². The summed E-state index contributed by atoms with van der Waals surface area (Å²) in [5, 5.41) is 0. The van der Waals surface area contributed by atoms with Gasteiger partial charge in [0.25, 0.3) is 0 Å². The summed E-state index contributed by atoms with van der Waals surface area (Å²) in [6.45, 7) is 0.285. The molecule has 4 bridgehead atoms. The number of amides is 4. The summed E-state index contributed by atoms with van der Waals surface area (Å²) >= 11 is 0. The van der Waals surface area contributed by atoms with E-state index in [1.165, 1.54) is 9.80 Å². The van der Waals surface area contributed by atoms with Crippen molar-refractivity contribution in [1.82, 2.24) is 9.80 Å². The molecule has 2 heterocycles. The Kier molecular flexibility index (Phi) is 2.70. The minimum atomic E-state index is -0.220. The van der Waals surface area contributed by atoms with Crippen LogP contribution >= 0.6 is 0 Å². The number of fused-ring (bicyclic) bond motifs is 10. The van der Waals surface area contributed by atoms with Crippen molar-refractivity contribution >= 4 is 23.6 Å². The fourth-order valence-electron chi connectivity index (χ4n) is 6.57. The third kappa shape index (κ3) is 1.59. The Bertz CT molecular complexity index is 702. The highest BCUT2D eigenvalue weighted by Gasteiger charge is 2.61. The summed E-state index contributed by atoms with van der Waals surface area (Å²) < 4.78 is 0. The van der Waals surface area contributed by atoms with Gasteiger partial charge in [0, 0.05) is 13.1 Å². The molecule has 0 spiro atoms. The van der Waals surface area contributed by atoms with E-state index in [2.05, 4.69) is 24.3 Å². The van der Waals surface area contributed by atoms with Crippen LogP contribution in [0.3, 0.4) is 0 Å². The van der Waals surface area contributed by atoms with Gasteiger partial charge < -0.3 is 0 Å². The summed E-state index contributed by atoms with van der Waals surface area (Å²) in [6.07, 6.45) is 10.1. The highest BCUT2D eigenvalue weighted by Crippen LogP contribution is 2.53. The zero-order valence-corrected chi connectivity index (χ0v) is 14.3. The van der Waals surface area contributed by atoms with Gasteiger partial charge in [0.15, 0.2) is 0 Å². The van der Waals surface area contributed by atoms with E-state index in [-0.39, 0.29) is 84.1 Å². The predicted octanol–water partition coefficient (Wildman–Crippen LogP) is 0.601. The molecule has 4 amide bonds. The smallest absolute Gasteiger partial charge is 0.233 e. The minimum absolute atomic E-state index is 0.113. The lowest BCUT2D eigenvalue weighted by molar-refractivity contribution is -0.146. The van der Waals surface area contributed by atoms with Gasteiger partial charge >= 0.3 is 0 Å². The van der Waals surface area contributed by atoms with Crippen molar-refractivity contribution in [3.05, 3.63) is 24.3 Å². The second kappa shape index (κ2) is 4.72. The summed E-state index contributed by atoms with van der Waals surface area (Å²) in [5.74, 6) is -0.602. The Hall–Kier alpha value is -2.24. The molecule has 4 fully saturated rings. The van der Waals surface area contributed by atoms with Crippen molar-refractivity contribution < 1.29 is 19.2 Å². The van der Waals surface area contributed by atoms with E-state index < -0.39 is 0 Å². The first-order valence-electron chi connectivity index (χ1n) is 9.63. The normalized spacial score (nSPS) is 47.1. The van der Waals surface area contributed by atoms with E-state index >= 15 is 0 Å². The molecule has 0 N–H and O–H groups in total. The Morgan fingerprint density at radius 3 is 1.12 bits per heavy atom. The number of nitrogens with zero attached hydrogens (tertiary/aromatic N) is 2. The van der Waals surface area contributed by atoms with Crippen LogP contribution in [0.25, 0.3) is 0 Å². The van der Waals surface area contributed by atoms with Gasteiger partial charge in [-0.25, -0.2) is 0 Å². The van der Waals surface area contributed by atoms with Gasteiger partial charge in [0.1, 0.15) is 0 Å². The first-order chi connectivity index (χ1) is 12.6. The predicted molar refractivity (Wildman–Crippen MR) is 88.9 cm³/mol. The molecule has 8 atom stereocenters. The van der Waals surface area contributed by atoms with Gasteiger partial charge in [0.2, 0.25) is 23.6 Å². The topological polar surface area (TPSA) is 74.8 Å². The summed E-state index contributed by atoms with van der Waals surface area (Å²) in [4.78, 5) is 53.6. The van der Waals surface area contributed by atoms with E-state index in [0.29, 0.717) is 0 Å². The van der Waals surface area contributed by atoms with Crippen LogP contribution in [0.4, 0.5) is 0 Å². The minimum Gasteiger partial charge on any atom is -0.280 e. The molecule has 0 radical (unpaired) electrons. The zero-order valence-electron chi connectivity index (χ0n) is 14.3. The molecule has 6 heteroatoms. The number of allylic oxidation sites excluding steroid dienone is 4. The first kappa shape index (κ1) is 14.9. The SMILES string of the molecule is O=C1[C@@H]2[C@@H](C(=O)N1CCN1C(=O)[C@@H]3[C@H](C1=O)[C@H]1C=C[C@H]3C1)[C@H]1C=C[C@H]2C1.